The van der Waals surface area contributed by atoms with Gasteiger partial charge in [-0.2, -0.15) is 0 Å². The van der Waals surface area contributed by atoms with Gasteiger partial charge < -0.3 is 5.73 Å². The minimum absolute atomic E-state index is 0.469. The van der Waals surface area contributed by atoms with Crippen LogP contribution in [0.2, 0.25) is 10.0 Å². The van der Waals surface area contributed by atoms with Gasteiger partial charge in [-0.05, 0) is 42.1 Å². The highest BCUT2D eigenvalue weighted by Gasteiger charge is 2.33. The Labute approximate surface area is 148 Å². The minimum atomic E-state index is 0.469. The van der Waals surface area contributed by atoms with Gasteiger partial charge in [0.2, 0.25) is 0 Å². The average Bonchev–Trinajstić information content (AvgIpc) is 2.94. The number of likely N-dealkylation sites (tertiary alicyclic amines) is 1. The Kier molecular flexibility index (Phi) is 5.60. The lowest BCUT2D eigenvalue weighted by Gasteiger charge is -2.18. The Hall–Kier alpha value is -1.06. The molecule has 1 aliphatic rings. The Balaban J connectivity index is 1.76. The molecule has 1 heterocycles. The number of nitrogens with two attached hydrogens (primary N) is 1. The molecule has 3 rings (SSSR count). The first-order chi connectivity index (χ1) is 11.2. The summed E-state index contributed by atoms with van der Waals surface area (Å²) in [6.07, 6.45) is 1.04. The lowest BCUT2D eigenvalue weighted by molar-refractivity contribution is 0.313. The predicted molar refractivity (Wildman–Crippen MR) is 98.1 cm³/mol. The first-order valence-electron chi connectivity index (χ1n) is 8.08. The van der Waals surface area contributed by atoms with E-state index in [0.717, 1.165) is 32.6 Å². The van der Waals surface area contributed by atoms with Crippen LogP contribution >= 0.6 is 23.2 Å². The Morgan fingerprint density at radius 1 is 1.00 bits per heavy atom. The third-order valence-corrected chi connectivity index (χ3v) is 5.41. The molecule has 23 heavy (non-hydrogen) atoms. The topological polar surface area (TPSA) is 29.3 Å². The van der Waals surface area contributed by atoms with E-state index in [-0.39, 0.29) is 0 Å². The normalized spacial score (nSPS) is 21.7. The van der Waals surface area contributed by atoms with E-state index in [2.05, 4.69) is 41.3 Å². The molecule has 0 bridgehead atoms. The van der Waals surface area contributed by atoms with E-state index in [1.165, 1.54) is 11.1 Å². The summed E-state index contributed by atoms with van der Waals surface area (Å²) in [5.41, 5.74) is 8.46. The van der Waals surface area contributed by atoms with Crippen LogP contribution in [0.3, 0.4) is 0 Å². The van der Waals surface area contributed by atoms with Gasteiger partial charge >= 0.3 is 0 Å². The third kappa shape index (κ3) is 4.07. The van der Waals surface area contributed by atoms with E-state index in [9.17, 15) is 0 Å². The molecule has 1 aliphatic heterocycles. The van der Waals surface area contributed by atoms with Crippen LogP contribution in [0.15, 0.2) is 48.5 Å². The van der Waals surface area contributed by atoms with Crippen molar-refractivity contribution >= 4 is 23.2 Å². The van der Waals surface area contributed by atoms with E-state index in [1.807, 2.05) is 12.1 Å². The quantitative estimate of drug-likeness (QED) is 0.858. The fourth-order valence-electron chi connectivity index (χ4n) is 3.56. The predicted octanol–water partition coefficient (Wildman–Crippen LogP) is 4.56. The second-order valence-corrected chi connectivity index (χ2v) is 7.11. The molecule has 0 unspecified atom stereocenters. The molecule has 2 atom stereocenters. The van der Waals surface area contributed by atoms with Crippen LogP contribution in [0, 0.1) is 5.92 Å². The van der Waals surface area contributed by atoms with Crippen LogP contribution in [-0.4, -0.2) is 24.5 Å². The molecule has 0 spiro atoms. The van der Waals surface area contributed by atoms with Crippen LogP contribution < -0.4 is 5.73 Å². The molecule has 0 saturated carbocycles. The molecule has 0 aliphatic carbocycles. The van der Waals surface area contributed by atoms with Gasteiger partial charge in [0.25, 0.3) is 0 Å². The zero-order chi connectivity index (χ0) is 16.2. The van der Waals surface area contributed by atoms with Crippen molar-refractivity contribution in [2.24, 2.45) is 11.7 Å². The summed E-state index contributed by atoms with van der Waals surface area (Å²) in [4.78, 5) is 2.52. The maximum Gasteiger partial charge on any atom is 0.0595 e. The van der Waals surface area contributed by atoms with Crippen molar-refractivity contribution in [1.82, 2.24) is 4.90 Å². The van der Waals surface area contributed by atoms with Crippen molar-refractivity contribution in [1.29, 1.82) is 0 Å². The first-order valence-corrected chi connectivity index (χ1v) is 8.84. The summed E-state index contributed by atoms with van der Waals surface area (Å²) < 4.78 is 0. The number of nitrogens with zero attached hydrogens (tertiary/aromatic N) is 1. The van der Waals surface area contributed by atoms with Gasteiger partial charge in [-0.1, -0.05) is 59.6 Å². The van der Waals surface area contributed by atoms with Crippen molar-refractivity contribution in [3.05, 3.63) is 69.7 Å². The summed E-state index contributed by atoms with van der Waals surface area (Å²) in [6, 6.07) is 16.6. The van der Waals surface area contributed by atoms with Gasteiger partial charge in [-0.15, -0.1) is 0 Å². The molecule has 2 nitrogen and oxygen atoms in total. The number of halogens is 2. The zero-order valence-electron chi connectivity index (χ0n) is 13.1. The number of hydrogen-bond acceptors (Lipinski definition) is 2. The largest absolute Gasteiger partial charge is 0.330 e. The smallest absolute Gasteiger partial charge is 0.0595 e. The number of benzene rings is 2. The minimum Gasteiger partial charge on any atom is -0.330 e. The van der Waals surface area contributed by atoms with Crippen LogP contribution in [-0.2, 0) is 6.54 Å². The second-order valence-electron chi connectivity index (χ2n) is 6.30. The molecular weight excluding hydrogens is 327 g/mol. The molecule has 0 aromatic heterocycles. The Morgan fingerprint density at radius 3 is 2.48 bits per heavy atom. The van der Waals surface area contributed by atoms with Crippen molar-refractivity contribution in [2.45, 2.75) is 18.9 Å². The van der Waals surface area contributed by atoms with Gasteiger partial charge in [0, 0.05) is 25.6 Å². The maximum absolute atomic E-state index is 6.21. The molecule has 0 radical (unpaired) electrons. The first kappa shape index (κ1) is 16.8. The molecule has 2 aromatic rings. The van der Waals surface area contributed by atoms with Crippen molar-refractivity contribution < 1.29 is 0 Å². The summed E-state index contributed by atoms with van der Waals surface area (Å²) in [7, 11) is 0. The molecule has 1 fully saturated rings. The van der Waals surface area contributed by atoms with Gasteiger partial charge in [-0.3, -0.25) is 4.90 Å². The lowest BCUT2D eigenvalue weighted by atomic mass is 9.87. The molecule has 2 aromatic carbocycles. The van der Waals surface area contributed by atoms with E-state index < -0.39 is 0 Å². The maximum atomic E-state index is 6.21. The Bertz CT molecular complexity index is 645. The van der Waals surface area contributed by atoms with Crippen molar-refractivity contribution in [2.75, 3.05) is 19.6 Å². The average molecular weight is 349 g/mol. The van der Waals surface area contributed by atoms with Gasteiger partial charge in [-0.25, -0.2) is 0 Å². The standard InChI is InChI=1S/C19H22Cl2N2/c20-18-7-6-15(10-19(18)21)17-13-23(12-16(17)8-9-22)11-14-4-2-1-3-5-14/h1-7,10,16-17H,8-9,11-13,22H2/t16-,17+/m1/s1. The van der Waals surface area contributed by atoms with Crippen molar-refractivity contribution in [3.8, 4) is 0 Å². The SMILES string of the molecule is NCC[C@@H]1CN(Cc2ccccc2)C[C@H]1c1ccc(Cl)c(Cl)c1. The summed E-state index contributed by atoms with van der Waals surface area (Å²) in [5, 5.41) is 1.25. The van der Waals surface area contributed by atoms with Crippen molar-refractivity contribution in [3.63, 3.8) is 0 Å². The molecule has 1 saturated heterocycles. The highest BCUT2D eigenvalue weighted by molar-refractivity contribution is 6.42. The molecule has 0 amide bonds. The molecule has 4 heteroatoms. The van der Waals surface area contributed by atoms with E-state index in [4.69, 9.17) is 28.9 Å². The summed E-state index contributed by atoms with van der Waals surface area (Å²) in [6.45, 7) is 3.83. The highest BCUT2D eigenvalue weighted by atomic mass is 35.5. The third-order valence-electron chi connectivity index (χ3n) is 4.67. The highest BCUT2D eigenvalue weighted by Crippen LogP contribution is 2.37. The van der Waals surface area contributed by atoms with Crippen LogP contribution in [0.5, 0.6) is 0 Å². The fraction of sp³-hybridized carbons (Fsp3) is 0.368. The van der Waals surface area contributed by atoms with Crippen LogP contribution in [0.4, 0.5) is 0 Å². The number of rotatable bonds is 5. The zero-order valence-corrected chi connectivity index (χ0v) is 14.6. The number of hydrogen-bond donors (Lipinski definition) is 1. The molecule has 2 N–H and O–H groups in total. The molecule has 122 valence electrons. The van der Waals surface area contributed by atoms with E-state index in [0.29, 0.717) is 21.9 Å². The van der Waals surface area contributed by atoms with E-state index >= 15 is 0 Å². The monoisotopic (exact) mass is 348 g/mol. The van der Waals surface area contributed by atoms with Crippen LogP contribution in [0.25, 0.3) is 0 Å². The fourth-order valence-corrected chi connectivity index (χ4v) is 3.87. The lowest BCUT2D eigenvalue weighted by Crippen LogP contribution is -2.20. The van der Waals surface area contributed by atoms with Gasteiger partial charge in [0.1, 0.15) is 0 Å². The van der Waals surface area contributed by atoms with Gasteiger partial charge in [0.15, 0.2) is 0 Å². The molecular formula is C19H22Cl2N2. The second kappa shape index (κ2) is 7.67. The summed E-state index contributed by atoms with van der Waals surface area (Å²) in [5.74, 6) is 1.04. The Morgan fingerprint density at radius 2 is 1.78 bits per heavy atom. The van der Waals surface area contributed by atoms with Crippen LogP contribution in [0.1, 0.15) is 23.5 Å². The van der Waals surface area contributed by atoms with E-state index in [1.54, 1.807) is 0 Å². The summed E-state index contributed by atoms with van der Waals surface area (Å²) >= 11 is 12.3. The van der Waals surface area contributed by atoms with Gasteiger partial charge in [0.05, 0.1) is 10.0 Å².